The van der Waals surface area contributed by atoms with E-state index in [0.29, 0.717) is 51.9 Å². The molecule has 1 aromatic heterocycles. The SMILES string of the molecule is C=CC(=O)N/C(=C/C(C)CN1CCN(C)CC1)C(CC)=Nc1nccc(Oc2ccc(NS(=O)NC3CC3)c(Cl)c2)c1C. The van der Waals surface area contributed by atoms with Crippen LogP contribution in [-0.2, 0) is 16.0 Å². The summed E-state index contributed by atoms with van der Waals surface area (Å²) in [6.07, 6.45) is 7.61. The van der Waals surface area contributed by atoms with E-state index in [2.05, 4.69) is 56.2 Å². The number of anilines is 1. The summed E-state index contributed by atoms with van der Waals surface area (Å²) in [7, 11) is 2.14. The van der Waals surface area contributed by atoms with E-state index in [9.17, 15) is 9.00 Å². The van der Waals surface area contributed by atoms with Crippen LogP contribution in [0.5, 0.6) is 11.5 Å². The van der Waals surface area contributed by atoms with Crippen molar-refractivity contribution in [3.8, 4) is 11.5 Å². The molecule has 2 heterocycles. The molecule has 1 saturated heterocycles. The van der Waals surface area contributed by atoms with Gasteiger partial charge in [0, 0.05) is 56.6 Å². The molecular formula is C31H42ClN7O3S. The quantitative estimate of drug-likeness (QED) is 0.198. The first-order valence-electron chi connectivity index (χ1n) is 14.7. The molecule has 0 bridgehead atoms. The number of carbonyl (C=O) groups excluding carboxylic acids is 1. The van der Waals surface area contributed by atoms with E-state index in [1.165, 1.54) is 6.08 Å². The van der Waals surface area contributed by atoms with Crippen molar-refractivity contribution < 1.29 is 13.7 Å². The Morgan fingerprint density at radius 1 is 1.28 bits per heavy atom. The van der Waals surface area contributed by atoms with Gasteiger partial charge >= 0.3 is 0 Å². The number of nitrogens with zero attached hydrogens (tertiary/aromatic N) is 4. The number of ether oxygens (including phenoxy) is 1. The van der Waals surface area contributed by atoms with Gasteiger partial charge in [-0.25, -0.2) is 18.9 Å². The van der Waals surface area contributed by atoms with Crippen LogP contribution in [-0.4, -0.2) is 76.4 Å². The third-order valence-corrected chi connectivity index (χ3v) is 8.54. The van der Waals surface area contributed by atoms with E-state index in [-0.39, 0.29) is 11.8 Å². The molecule has 1 aliphatic carbocycles. The zero-order valence-corrected chi connectivity index (χ0v) is 26.9. The molecule has 2 aliphatic rings. The van der Waals surface area contributed by atoms with Crippen molar-refractivity contribution in [2.45, 2.75) is 46.1 Å². The maximum Gasteiger partial charge on any atom is 0.247 e. The number of nitrogens with one attached hydrogen (secondary N) is 3. The van der Waals surface area contributed by atoms with Gasteiger partial charge in [0.2, 0.25) is 5.91 Å². The Hall–Kier alpha value is -3.09. The number of benzene rings is 1. The monoisotopic (exact) mass is 627 g/mol. The fourth-order valence-corrected chi connectivity index (χ4v) is 5.86. The van der Waals surface area contributed by atoms with E-state index < -0.39 is 11.2 Å². The van der Waals surface area contributed by atoms with Crippen LogP contribution in [0.2, 0.25) is 5.02 Å². The number of hydrogen-bond donors (Lipinski definition) is 3. The molecule has 2 fully saturated rings. The number of halogens is 1. The molecule has 4 rings (SSSR count). The summed E-state index contributed by atoms with van der Waals surface area (Å²) in [6, 6.07) is 7.23. The van der Waals surface area contributed by atoms with Crippen LogP contribution in [0, 0.1) is 12.8 Å². The maximum absolute atomic E-state index is 12.4. The lowest BCUT2D eigenvalue weighted by molar-refractivity contribution is -0.115. The molecule has 1 aliphatic heterocycles. The van der Waals surface area contributed by atoms with Crippen molar-refractivity contribution in [2.24, 2.45) is 10.9 Å². The highest BCUT2D eigenvalue weighted by atomic mass is 35.5. The number of aliphatic imine (C=N–C) groups is 1. The van der Waals surface area contributed by atoms with Crippen LogP contribution in [0.25, 0.3) is 0 Å². The second-order valence-electron chi connectivity index (χ2n) is 11.0. The molecule has 232 valence electrons. The molecule has 10 nitrogen and oxygen atoms in total. The molecule has 1 saturated carbocycles. The Morgan fingerprint density at radius 3 is 2.67 bits per heavy atom. The van der Waals surface area contributed by atoms with Crippen molar-refractivity contribution in [1.82, 2.24) is 24.8 Å². The maximum atomic E-state index is 12.4. The van der Waals surface area contributed by atoms with Gasteiger partial charge in [0.05, 0.1) is 22.1 Å². The Bertz CT molecular complexity index is 1390. The number of allylic oxidation sites excluding steroid dienone is 1. The van der Waals surface area contributed by atoms with E-state index in [4.69, 9.17) is 21.3 Å². The van der Waals surface area contributed by atoms with Gasteiger partial charge in [0.25, 0.3) is 0 Å². The highest BCUT2D eigenvalue weighted by Crippen LogP contribution is 2.34. The van der Waals surface area contributed by atoms with Gasteiger partial charge in [-0.2, -0.15) is 0 Å². The fourth-order valence-electron chi connectivity index (χ4n) is 4.61. The van der Waals surface area contributed by atoms with Gasteiger partial charge in [-0.05, 0) is 63.4 Å². The van der Waals surface area contributed by atoms with Crippen LogP contribution in [0.3, 0.4) is 0 Å². The highest BCUT2D eigenvalue weighted by Gasteiger charge is 2.23. The number of hydrogen-bond acceptors (Lipinski definition) is 7. The van der Waals surface area contributed by atoms with Crippen LogP contribution in [0.15, 0.2) is 59.9 Å². The molecule has 2 unspecified atom stereocenters. The Labute approximate surface area is 262 Å². The van der Waals surface area contributed by atoms with E-state index in [1.54, 1.807) is 30.5 Å². The van der Waals surface area contributed by atoms with E-state index in [1.807, 2.05) is 13.8 Å². The smallest absolute Gasteiger partial charge is 0.247 e. The molecular weight excluding hydrogens is 586 g/mol. The standard InChI is InChI=1S/C31H42ClN7O3S/c1-6-26(28(34-30(40)7-2)18-21(3)20-39-16-14-38(5)15-17-39)35-31-22(4)29(12-13-33-31)42-24-10-11-27(25(32)19-24)37-43(41)36-23-8-9-23/h7,10-13,18-19,21,23,36-37H,2,6,8-9,14-17,20H2,1,3-5H3,(H,34,40)/b28-18+,35-26?. The number of amides is 1. The summed E-state index contributed by atoms with van der Waals surface area (Å²) in [4.78, 5) is 26.5. The average molecular weight is 628 g/mol. The molecule has 1 aromatic carbocycles. The first-order valence-corrected chi connectivity index (χ1v) is 16.2. The number of rotatable bonds is 14. The van der Waals surface area contributed by atoms with Crippen molar-refractivity contribution in [3.63, 3.8) is 0 Å². The van der Waals surface area contributed by atoms with Crippen molar-refractivity contribution >= 4 is 45.9 Å². The topological polar surface area (TPSA) is 111 Å². The molecule has 43 heavy (non-hydrogen) atoms. The van der Waals surface area contributed by atoms with Crippen molar-refractivity contribution in [2.75, 3.05) is 44.5 Å². The molecule has 2 aromatic rings. The predicted octanol–water partition coefficient (Wildman–Crippen LogP) is 5.13. The van der Waals surface area contributed by atoms with Crippen LogP contribution in [0.1, 0.15) is 38.7 Å². The van der Waals surface area contributed by atoms with Gasteiger partial charge in [0.15, 0.2) is 17.0 Å². The second-order valence-corrected chi connectivity index (χ2v) is 12.4. The molecule has 2 atom stereocenters. The summed E-state index contributed by atoms with van der Waals surface area (Å²) < 4.78 is 24.2. The minimum atomic E-state index is -1.41. The average Bonchev–Trinajstić information content (AvgIpc) is 3.79. The Morgan fingerprint density at radius 2 is 2.02 bits per heavy atom. The van der Waals surface area contributed by atoms with Gasteiger partial charge in [-0.15, -0.1) is 0 Å². The fraction of sp³-hybridized carbons (Fsp3) is 0.452. The zero-order valence-electron chi connectivity index (χ0n) is 25.4. The normalized spacial score (nSPS) is 18.2. The van der Waals surface area contributed by atoms with Crippen LogP contribution >= 0.6 is 11.6 Å². The lowest BCUT2D eigenvalue weighted by Crippen LogP contribution is -2.45. The number of likely N-dealkylation sites (N-methyl/N-ethyl adjacent to an activating group) is 1. The summed E-state index contributed by atoms with van der Waals surface area (Å²) in [6.45, 7) is 14.7. The van der Waals surface area contributed by atoms with E-state index >= 15 is 0 Å². The van der Waals surface area contributed by atoms with Crippen LogP contribution in [0.4, 0.5) is 11.5 Å². The number of pyridine rings is 1. The van der Waals surface area contributed by atoms with Crippen LogP contribution < -0.4 is 19.5 Å². The lowest BCUT2D eigenvalue weighted by Gasteiger charge is -2.33. The van der Waals surface area contributed by atoms with Crippen molar-refractivity contribution in [1.29, 1.82) is 0 Å². The largest absolute Gasteiger partial charge is 0.457 e. The van der Waals surface area contributed by atoms with E-state index in [0.717, 1.165) is 51.1 Å². The number of aromatic nitrogens is 1. The number of carbonyl (C=O) groups is 1. The minimum Gasteiger partial charge on any atom is -0.457 e. The summed E-state index contributed by atoms with van der Waals surface area (Å²) in [5, 5.41) is 3.36. The minimum absolute atomic E-state index is 0.188. The predicted molar refractivity (Wildman–Crippen MR) is 175 cm³/mol. The Kier molecular flexibility index (Phi) is 11.9. The van der Waals surface area contributed by atoms with Gasteiger partial charge in [-0.3, -0.25) is 9.52 Å². The molecule has 0 spiro atoms. The lowest BCUT2D eigenvalue weighted by atomic mass is 10.1. The first kappa shape index (κ1) is 32.8. The third-order valence-electron chi connectivity index (χ3n) is 7.27. The van der Waals surface area contributed by atoms with Gasteiger partial charge in [-0.1, -0.05) is 38.1 Å². The first-order chi connectivity index (χ1) is 20.6. The van der Waals surface area contributed by atoms with Gasteiger partial charge in [0.1, 0.15) is 11.5 Å². The zero-order chi connectivity index (χ0) is 30.9. The summed E-state index contributed by atoms with van der Waals surface area (Å²) in [5.74, 6) is 1.49. The summed E-state index contributed by atoms with van der Waals surface area (Å²) in [5.41, 5.74) is 2.65. The van der Waals surface area contributed by atoms with Gasteiger partial charge < -0.3 is 19.9 Å². The Balaban J connectivity index is 1.52. The molecule has 12 heteroatoms. The number of piperazine rings is 1. The molecule has 0 radical (unpaired) electrons. The molecule has 3 N–H and O–H groups in total. The third kappa shape index (κ3) is 9.97. The summed E-state index contributed by atoms with van der Waals surface area (Å²) >= 11 is 5.04. The molecule has 1 amide bonds. The second kappa shape index (κ2) is 15.6. The highest BCUT2D eigenvalue weighted by molar-refractivity contribution is 7.84. The van der Waals surface area contributed by atoms with Crippen molar-refractivity contribution in [3.05, 3.63) is 65.5 Å².